The predicted molar refractivity (Wildman–Crippen MR) is 62.3 cm³/mol. The van der Waals surface area contributed by atoms with Gasteiger partial charge in [-0.15, -0.1) is 0 Å². The maximum atomic E-state index is 5.79. The molecule has 0 unspecified atom stereocenters. The van der Waals surface area contributed by atoms with E-state index >= 15 is 0 Å². The van der Waals surface area contributed by atoms with E-state index < -0.39 is 0 Å². The van der Waals surface area contributed by atoms with E-state index in [4.69, 9.17) is 9.15 Å². The molecule has 1 aromatic heterocycles. The van der Waals surface area contributed by atoms with E-state index in [9.17, 15) is 0 Å². The first-order valence-corrected chi connectivity index (χ1v) is 5.69. The van der Waals surface area contributed by atoms with Gasteiger partial charge in [-0.2, -0.15) is 0 Å². The lowest BCUT2D eigenvalue weighted by Crippen LogP contribution is -2.35. The zero-order chi connectivity index (χ0) is 10.8. The number of morpholine rings is 1. The molecule has 1 fully saturated rings. The van der Waals surface area contributed by atoms with Crippen LogP contribution in [0.15, 0.2) is 34.7 Å². The summed E-state index contributed by atoms with van der Waals surface area (Å²) in [5.41, 5.74) is 0.978. The van der Waals surface area contributed by atoms with Crippen molar-refractivity contribution >= 4 is 11.0 Å². The van der Waals surface area contributed by atoms with Gasteiger partial charge in [0.15, 0.2) is 0 Å². The van der Waals surface area contributed by atoms with Gasteiger partial charge >= 0.3 is 0 Å². The first-order valence-electron chi connectivity index (χ1n) is 5.69. The summed E-state index contributed by atoms with van der Waals surface area (Å²) in [7, 11) is 0. The number of hydrogen-bond donors (Lipinski definition) is 0. The Morgan fingerprint density at radius 3 is 2.75 bits per heavy atom. The Morgan fingerprint density at radius 2 is 1.94 bits per heavy atom. The molecule has 1 aromatic carbocycles. The lowest BCUT2D eigenvalue weighted by molar-refractivity contribution is 0.0315. The SMILES string of the molecule is c1ccc2oc(CN3CCOCC3)cc2c1. The standard InChI is InChI=1S/C13H15NO2/c1-2-4-13-11(3-1)9-12(16-13)10-14-5-7-15-8-6-14/h1-4,9H,5-8,10H2. The molecule has 0 amide bonds. The van der Waals surface area contributed by atoms with Gasteiger partial charge in [0, 0.05) is 18.5 Å². The van der Waals surface area contributed by atoms with Crippen molar-refractivity contribution in [1.29, 1.82) is 0 Å². The minimum absolute atomic E-state index is 0.834. The Morgan fingerprint density at radius 1 is 1.12 bits per heavy atom. The number of hydrogen-bond acceptors (Lipinski definition) is 3. The van der Waals surface area contributed by atoms with Crippen LogP contribution < -0.4 is 0 Å². The van der Waals surface area contributed by atoms with Crippen molar-refractivity contribution in [3.05, 3.63) is 36.1 Å². The molecule has 0 saturated carbocycles. The molecule has 1 aliphatic heterocycles. The minimum Gasteiger partial charge on any atom is -0.460 e. The van der Waals surface area contributed by atoms with Gasteiger partial charge in [-0.1, -0.05) is 18.2 Å². The zero-order valence-corrected chi connectivity index (χ0v) is 9.19. The molecule has 0 spiro atoms. The van der Waals surface area contributed by atoms with Crippen molar-refractivity contribution in [2.24, 2.45) is 0 Å². The molecular weight excluding hydrogens is 202 g/mol. The van der Waals surface area contributed by atoms with Crippen LogP contribution in [0.5, 0.6) is 0 Å². The van der Waals surface area contributed by atoms with Gasteiger partial charge in [-0.3, -0.25) is 4.90 Å². The number of rotatable bonds is 2. The van der Waals surface area contributed by atoms with Crippen LogP contribution in [0.1, 0.15) is 5.76 Å². The fraction of sp³-hybridized carbons (Fsp3) is 0.385. The maximum absolute atomic E-state index is 5.79. The molecular formula is C13H15NO2. The van der Waals surface area contributed by atoms with Gasteiger partial charge < -0.3 is 9.15 Å². The molecule has 1 saturated heterocycles. The van der Waals surface area contributed by atoms with Gasteiger partial charge in [0.25, 0.3) is 0 Å². The van der Waals surface area contributed by atoms with Gasteiger partial charge in [0.05, 0.1) is 19.8 Å². The van der Waals surface area contributed by atoms with Gasteiger partial charge in [-0.25, -0.2) is 0 Å². The molecule has 3 nitrogen and oxygen atoms in total. The molecule has 0 radical (unpaired) electrons. The Bertz CT molecular complexity index is 438. The average molecular weight is 217 g/mol. The zero-order valence-electron chi connectivity index (χ0n) is 9.19. The summed E-state index contributed by atoms with van der Waals surface area (Å²) in [4.78, 5) is 2.36. The summed E-state index contributed by atoms with van der Waals surface area (Å²) in [6.45, 7) is 4.55. The fourth-order valence-corrected chi connectivity index (χ4v) is 2.09. The van der Waals surface area contributed by atoms with Crippen LogP contribution in [0, 0.1) is 0 Å². The van der Waals surface area contributed by atoms with E-state index in [2.05, 4.69) is 17.0 Å². The van der Waals surface area contributed by atoms with Crippen LogP contribution in [-0.4, -0.2) is 31.2 Å². The van der Waals surface area contributed by atoms with E-state index in [0.29, 0.717) is 0 Å². The number of para-hydroxylation sites is 1. The van der Waals surface area contributed by atoms with Crippen molar-refractivity contribution in [1.82, 2.24) is 4.90 Å². The Hall–Kier alpha value is -1.32. The molecule has 0 bridgehead atoms. The van der Waals surface area contributed by atoms with E-state index in [1.165, 1.54) is 5.39 Å². The molecule has 16 heavy (non-hydrogen) atoms. The second-order valence-electron chi connectivity index (χ2n) is 4.14. The Labute approximate surface area is 94.6 Å². The van der Waals surface area contributed by atoms with Crippen LogP contribution in [-0.2, 0) is 11.3 Å². The predicted octanol–water partition coefficient (Wildman–Crippen LogP) is 2.26. The second kappa shape index (κ2) is 4.28. The van der Waals surface area contributed by atoms with E-state index in [1.54, 1.807) is 0 Å². The monoisotopic (exact) mass is 217 g/mol. The largest absolute Gasteiger partial charge is 0.460 e. The summed E-state index contributed by atoms with van der Waals surface area (Å²) in [6, 6.07) is 10.3. The van der Waals surface area contributed by atoms with Gasteiger partial charge in [0.1, 0.15) is 11.3 Å². The number of benzene rings is 1. The number of furan rings is 1. The lowest BCUT2D eigenvalue weighted by atomic mass is 10.2. The summed E-state index contributed by atoms with van der Waals surface area (Å²) in [6.07, 6.45) is 0. The van der Waals surface area contributed by atoms with Crippen molar-refractivity contribution in [3.63, 3.8) is 0 Å². The summed E-state index contributed by atoms with van der Waals surface area (Å²) in [5, 5.41) is 1.19. The van der Waals surface area contributed by atoms with Crippen LogP contribution in [0.2, 0.25) is 0 Å². The fourth-order valence-electron chi connectivity index (χ4n) is 2.09. The van der Waals surface area contributed by atoms with Crippen molar-refractivity contribution in [2.45, 2.75) is 6.54 Å². The smallest absolute Gasteiger partial charge is 0.134 e. The minimum atomic E-state index is 0.834. The molecule has 0 N–H and O–H groups in total. The molecule has 0 aliphatic carbocycles. The Balaban J connectivity index is 1.78. The average Bonchev–Trinajstić information content (AvgIpc) is 2.72. The van der Waals surface area contributed by atoms with E-state index in [-0.39, 0.29) is 0 Å². The highest BCUT2D eigenvalue weighted by atomic mass is 16.5. The van der Waals surface area contributed by atoms with Crippen molar-refractivity contribution in [2.75, 3.05) is 26.3 Å². The van der Waals surface area contributed by atoms with Crippen molar-refractivity contribution < 1.29 is 9.15 Å². The summed E-state index contributed by atoms with van der Waals surface area (Å²) < 4.78 is 11.1. The first kappa shape index (κ1) is 9.87. The lowest BCUT2D eigenvalue weighted by Gasteiger charge is -2.25. The summed E-state index contributed by atoms with van der Waals surface area (Å²) in [5.74, 6) is 1.04. The normalized spacial score (nSPS) is 18.0. The van der Waals surface area contributed by atoms with E-state index in [0.717, 1.165) is 44.2 Å². The molecule has 0 atom stereocenters. The highest BCUT2D eigenvalue weighted by Crippen LogP contribution is 2.20. The maximum Gasteiger partial charge on any atom is 0.134 e. The number of ether oxygens (including phenoxy) is 1. The van der Waals surface area contributed by atoms with Crippen LogP contribution in [0.4, 0.5) is 0 Å². The number of fused-ring (bicyclic) bond motifs is 1. The van der Waals surface area contributed by atoms with Gasteiger partial charge in [-0.05, 0) is 12.1 Å². The molecule has 2 aromatic rings. The second-order valence-corrected chi connectivity index (χ2v) is 4.14. The van der Waals surface area contributed by atoms with Crippen LogP contribution in [0.25, 0.3) is 11.0 Å². The molecule has 3 rings (SSSR count). The molecule has 2 heterocycles. The Kier molecular flexibility index (Phi) is 2.64. The topological polar surface area (TPSA) is 25.6 Å². The van der Waals surface area contributed by atoms with Crippen LogP contribution in [0.3, 0.4) is 0 Å². The molecule has 84 valence electrons. The first-order chi connectivity index (χ1) is 7.92. The van der Waals surface area contributed by atoms with Crippen LogP contribution >= 0.6 is 0 Å². The molecule has 3 heteroatoms. The third-order valence-electron chi connectivity index (χ3n) is 2.96. The molecule has 1 aliphatic rings. The van der Waals surface area contributed by atoms with E-state index in [1.807, 2.05) is 18.2 Å². The van der Waals surface area contributed by atoms with Gasteiger partial charge in [0.2, 0.25) is 0 Å². The third-order valence-corrected chi connectivity index (χ3v) is 2.96. The third kappa shape index (κ3) is 1.96. The summed E-state index contributed by atoms with van der Waals surface area (Å²) >= 11 is 0. The van der Waals surface area contributed by atoms with Crippen molar-refractivity contribution in [3.8, 4) is 0 Å². The quantitative estimate of drug-likeness (QED) is 0.771. The number of nitrogens with zero attached hydrogens (tertiary/aromatic N) is 1. The highest BCUT2D eigenvalue weighted by molar-refractivity contribution is 5.77. The highest BCUT2D eigenvalue weighted by Gasteiger charge is 2.12.